The average molecular weight is 345 g/mol. The molecule has 1 aromatic carbocycles. The third-order valence-corrected chi connectivity index (χ3v) is 3.76. The standard InChI is InChI=1S/C15H13BrN4O/c1-9-18-13-6-12(3-4-14(13)20(9)2)19-15(21)10-5-11(16)8-17-7-10/h3-8H,1-2H3,(H,19,21). The summed E-state index contributed by atoms with van der Waals surface area (Å²) in [5.41, 5.74) is 3.11. The minimum atomic E-state index is -0.198. The zero-order chi connectivity index (χ0) is 15.0. The molecular weight excluding hydrogens is 332 g/mol. The third-order valence-electron chi connectivity index (χ3n) is 3.33. The molecule has 0 aliphatic carbocycles. The van der Waals surface area contributed by atoms with E-state index in [0.29, 0.717) is 11.3 Å². The SMILES string of the molecule is Cc1nc2cc(NC(=O)c3cncc(Br)c3)ccc2n1C. The number of pyridine rings is 1. The van der Waals surface area contributed by atoms with Crippen molar-refractivity contribution in [2.24, 2.45) is 7.05 Å². The molecule has 21 heavy (non-hydrogen) atoms. The van der Waals surface area contributed by atoms with Crippen molar-refractivity contribution >= 4 is 38.6 Å². The molecule has 1 N–H and O–H groups in total. The van der Waals surface area contributed by atoms with Gasteiger partial charge >= 0.3 is 0 Å². The van der Waals surface area contributed by atoms with E-state index in [9.17, 15) is 4.79 Å². The van der Waals surface area contributed by atoms with Gasteiger partial charge in [0.1, 0.15) is 5.82 Å². The van der Waals surface area contributed by atoms with Crippen LogP contribution in [0.15, 0.2) is 41.1 Å². The highest BCUT2D eigenvalue weighted by Gasteiger charge is 2.09. The van der Waals surface area contributed by atoms with Crippen molar-refractivity contribution in [3.63, 3.8) is 0 Å². The fourth-order valence-electron chi connectivity index (χ4n) is 2.14. The molecule has 2 aromatic heterocycles. The fourth-order valence-corrected chi connectivity index (χ4v) is 2.50. The summed E-state index contributed by atoms with van der Waals surface area (Å²) in [6.45, 7) is 1.95. The van der Waals surface area contributed by atoms with E-state index in [1.807, 2.05) is 36.7 Å². The molecule has 3 rings (SSSR count). The summed E-state index contributed by atoms with van der Waals surface area (Å²) >= 11 is 3.30. The van der Waals surface area contributed by atoms with Gasteiger partial charge in [0, 0.05) is 29.6 Å². The Labute approximate surface area is 130 Å². The Hall–Kier alpha value is -2.21. The molecular formula is C15H13BrN4O. The molecule has 2 heterocycles. The number of fused-ring (bicyclic) bond motifs is 1. The van der Waals surface area contributed by atoms with Crippen LogP contribution in [0.4, 0.5) is 5.69 Å². The van der Waals surface area contributed by atoms with Crippen LogP contribution in [0.25, 0.3) is 11.0 Å². The highest BCUT2D eigenvalue weighted by molar-refractivity contribution is 9.10. The molecule has 5 nitrogen and oxygen atoms in total. The summed E-state index contributed by atoms with van der Waals surface area (Å²) in [6, 6.07) is 7.41. The van der Waals surface area contributed by atoms with Crippen molar-refractivity contribution < 1.29 is 4.79 Å². The summed E-state index contributed by atoms with van der Waals surface area (Å²) in [6.07, 6.45) is 3.17. The van der Waals surface area contributed by atoms with E-state index in [2.05, 4.69) is 31.2 Å². The van der Waals surface area contributed by atoms with Crippen LogP contribution in [-0.2, 0) is 7.05 Å². The Morgan fingerprint density at radius 1 is 1.29 bits per heavy atom. The molecule has 6 heteroatoms. The van der Waals surface area contributed by atoms with Gasteiger partial charge in [0.15, 0.2) is 0 Å². The van der Waals surface area contributed by atoms with E-state index >= 15 is 0 Å². The van der Waals surface area contributed by atoms with Crippen LogP contribution < -0.4 is 5.32 Å². The van der Waals surface area contributed by atoms with Crippen molar-refractivity contribution in [3.05, 3.63) is 52.5 Å². The molecule has 0 unspecified atom stereocenters. The molecule has 0 bridgehead atoms. The maximum absolute atomic E-state index is 12.2. The van der Waals surface area contributed by atoms with E-state index in [1.54, 1.807) is 12.3 Å². The Kier molecular flexibility index (Phi) is 3.47. The Bertz CT molecular complexity index is 841. The normalized spacial score (nSPS) is 10.8. The second-order valence-corrected chi connectivity index (χ2v) is 5.68. The molecule has 0 saturated heterocycles. The van der Waals surface area contributed by atoms with Gasteiger partial charge in [0.25, 0.3) is 5.91 Å². The van der Waals surface area contributed by atoms with Crippen LogP contribution in [0.5, 0.6) is 0 Å². The molecule has 0 aliphatic heterocycles. The van der Waals surface area contributed by atoms with Crippen molar-refractivity contribution in [3.8, 4) is 0 Å². The topological polar surface area (TPSA) is 59.8 Å². The van der Waals surface area contributed by atoms with Crippen LogP contribution >= 0.6 is 15.9 Å². The molecule has 3 aromatic rings. The van der Waals surface area contributed by atoms with Gasteiger partial charge in [-0.25, -0.2) is 4.98 Å². The number of carbonyl (C=O) groups excluding carboxylic acids is 1. The second-order valence-electron chi connectivity index (χ2n) is 4.77. The highest BCUT2D eigenvalue weighted by atomic mass is 79.9. The lowest BCUT2D eigenvalue weighted by molar-refractivity contribution is 0.102. The Morgan fingerprint density at radius 2 is 2.10 bits per heavy atom. The zero-order valence-electron chi connectivity index (χ0n) is 11.6. The average Bonchev–Trinajstić information content (AvgIpc) is 2.73. The van der Waals surface area contributed by atoms with E-state index in [-0.39, 0.29) is 5.91 Å². The summed E-state index contributed by atoms with van der Waals surface area (Å²) < 4.78 is 2.78. The zero-order valence-corrected chi connectivity index (χ0v) is 13.2. The Balaban J connectivity index is 1.89. The third kappa shape index (κ3) is 2.67. The number of anilines is 1. The first kappa shape index (κ1) is 13.8. The van der Waals surface area contributed by atoms with Gasteiger partial charge in [-0.15, -0.1) is 0 Å². The number of benzene rings is 1. The number of rotatable bonds is 2. The van der Waals surface area contributed by atoms with Gasteiger partial charge in [0.2, 0.25) is 0 Å². The summed E-state index contributed by atoms with van der Waals surface area (Å²) in [4.78, 5) is 20.6. The number of nitrogens with zero attached hydrogens (tertiary/aromatic N) is 3. The highest BCUT2D eigenvalue weighted by Crippen LogP contribution is 2.20. The predicted molar refractivity (Wildman–Crippen MR) is 85.3 cm³/mol. The van der Waals surface area contributed by atoms with Gasteiger partial charge in [0.05, 0.1) is 16.6 Å². The molecule has 0 fully saturated rings. The Morgan fingerprint density at radius 3 is 2.86 bits per heavy atom. The van der Waals surface area contributed by atoms with E-state index in [4.69, 9.17) is 0 Å². The number of aryl methyl sites for hydroxylation is 2. The first-order valence-electron chi connectivity index (χ1n) is 6.39. The monoisotopic (exact) mass is 344 g/mol. The maximum atomic E-state index is 12.2. The quantitative estimate of drug-likeness (QED) is 0.775. The molecule has 0 saturated carbocycles. The van der Waals surface area contributed by atoms with Crippen molar-refractivity contribution in [1.82, 2.24) is 14.5 Å². The lowest BCUT2D eigenvalue weighted by Gasteiger charge is -2.05. The van der Waals surface area contributed by atoms with Crippen LogP contribution in [0.3, 0.4) is 0 Å². The number of amides is 1. The number of imidazole rings is 1. The summed E-state index contributed by atoms with van der Waals surface area (Å²) in [5, 5.41) is 2.86. The first-order chi connectivity index (χ1) is 10.0. The van der Waals surface area contributed by atoms with Gasteiger partial charge in [-0.1, -0.05) is 0 Å². The predicted octanol–water partition coefficient (Wildman–Crippen LogP) is 3.29. The fraction of sp³-hybridized carbons (Fsp3) is 0.133. The lowest BCUT2D eigenvalue weighted by Crippen LogP contribution is -2.12. The van der Waals surface area contributed by atoms with Gasteiger partial charge in [-0.2, -0.15) is 0 Å². The van der Waals surface area contributed by atoms with Crippen LogP contribution in [0.1, 0.15) is 16.2 Å². The molecule has 0 spiro atoms. The van der Waals surface area contributed by atoms with E-state index < -0.39 is 0 Å². The molecule has 106 valence electrons. The summed E-state index contributed by atoms with van der Waals surface area (Å²) in [7, 11) is 1.97. The maximum Gasteiger partial charge on any atom is 0.257 e. The van der Waals surface area contributed by atoms with Crippen molar-refractivity contribution in [1.29, 1.82) is 0 Å². The molecule has 1 amide bonds. The van der Waals surface area contributed by atoms with E-state index in [1.165, 1.54) is 6.20 Å². The second kappa shape index (κ2) is 5.29. The smallest absolute Gasteiger partial charge is 0.257 e. The molecule has 0 radical (unpaired) electrons. The van der Waals surface area contributed by atoms with Crippen LogP contribution in [0, 0.1) is 6.92 Å². The van der Waals surface area contributed by atoms with Crippen molar-refractivity contribution in [2.45, 2.75) is 6.92 Å². The molecule has 0 atom stereocenters. The number of aromatic nitrogens is 3. The minimum Gasteiger partial charge on any atom is -0.331 e. The largest absolute Gasteiger partial charge is 0.331 e. The number of hydrogen-bond donors (Lipinski definition) is 1. The van der Waals surface area contributed by atoms with Gasteiger partial charge in [-0.3, -0.25) is 9.78 Å². The number of carbonyl (C=O) groups is 1. The van der Waals surface area contributed by atoms with Gasteiger partial charge in [-0.05, 0) is 47.1 Å². The molecule has 0 aliphatic rings. The lowest BCUT2D eigenvalue weighted by atomic mass is 10.2. The number of hydrogen-bond acceptors (Lipinski definition) is 3. The van der Waals surface area contributed by atoms with Gasteiger partial charge < -0.3 is 9.88 Å². The first-order valence-corrected chi connectivity index (χ1v) is 7.19. The number of halogens is 1. The van der Waals surface area contributed by atoms with Crippen LogP contribution in [0.2, 0.25) is 0 Å². The number of nitrogens with one attached hydrogen (secondary N) is 1. The van der Waals surface area contributed by atoms with E-state index in [0.717, 1.165) is 21.3 Å². The minimum absolute atomic E-state index is 0.198. The van der Waals surface area contributed by atoms with Crippen LogP contribution in [-0.4, -0.2) is 20.4 Å². The van der Waals surface area contributed by atoms with Crippen molar-refractivity contribution in [2.75, 3.05) is 5.32 Å². The summed E-state index contributed by atoms with van der Waals surface area (Å²) in [5.74, 6) is 0.737.